The third kappa shape index (κ3) is 8.87. The highest BCUT2D eigenvalue weighted by molar-refractivity contribution is 7.91. The summed E-state index contributed by atoms with van der Waals surface area (Å²) in [4.78, 5) is 0. The number of anilines is 1. The summed E-state index contributed by atoms with van der Waals surface area (Å²) in [5, 5.41) is 3.95. The molecule has 1 aromatic carbocycles. The van der Waals surface area contributed by atoms with Crippen LogP contribution in [0.15, 0.2) is 35.4 Å². The minimum Gasteiger partial charge on any atom is -0.278 e. The van der Waals surface area contributed by atoms with E-state index in [9.17, 15) is 8.42 Å². The van der Waals surface area contributed by atoms with E-state index >= 15 is 0 Å². The van der Waals surface area contributed by atoms with Crippen molar-refractivity contribution in [1.82, 2.24) is 0 Å². The second-order valence-electron chi connectivity index (χ2n) is 5.90. The van der Waals surface area contributed by atoms with Gasteiger partial charge in [0.05, 0.1) is 17.2 Å². The molecule has 24 heavy (non-hydrogen) atoms. The van der Waals surface area contributed by atoms with Gasteiger partial charge in [0, 0.05) is 6.21 Å². The molecule has 0 atom stereocenters. The van der Waals surface area contributed by atoms with Crippen LogP contribution < -0.4 is 5.43 Å². The lowest BCUT2D eigenvalue weighted by molar-refractivity contribution is 0.586. The quantitative estimate of drug-likeness (QED) is 0.679. The summed E-state index contributed by atoms with van der Waals surface area (Å²) in [6.07, 6.45) is 11.6. The molecule has 0 aromatic heterocycles. The summed E-state index contributed by atoms with van der Waals surface area (Å²) >= 11 is 0. The molecule has 1 aliphatic rings. The Labute approximate surface area is 147 Å². The number of benzene rings is 1. The Morgan fingerprint density at radius 3 is 2.21 bits per heavy atom. The monoisotopic (exact) mass is 350 g/mol. The smallest absolute Gasteiger partial charge is 0.150 e. The van der Waals surface area contributed by atoms with Crippen molar-refractivity contribution in [1.29, 1.82) is 0 Å². The Bertz CT molecular complexity index is 606. The normalized spacial score (nSPS) is 12.6. The first-order valence-electron chi connectivity index (χ1n) is 8.84. The molecule has 0 aliphatic carbocycles. The van der Waals surface area contributed by atoms with Crippen LogP contribution in [0.2, 0.25) is 0 Å². The molecule has 0 saturated carbocycles. The van der Waals surface area contributed by atoms with Gasteiger partial charge in [-0.25, -0.2) is 8.42 Å². The molecule has 5 heteroatoms. The predicted molar refractivity (Wildman–Crippen MR) is 105 cm³/mol. The van der Waals surface area contributed by atoms with Gasteiger partial charge in [0.25, 0.3) is 0 Å². The number of sulfone groups is 1. The topological polar surface area (TPSA) is 58.5 Å². The lowest BCUT2D eigenvalue weighted by atomic mass is 10.2. The maximum absolute atomic E-state index is 11.4. The number of rotatable bonds is 8. The SMILES string of the molecule is C1=Cc2ccccc2NN=C1.CCCCCS(=O)(=O)CCCCC. The standard InChI is InChI=1S/C10H22O2S.C9H8N2/c1-3-5-7-9-13(11,12)10-8-6-4-2;1-2-6-9-8(4-1)5-3-7-10-11-9/h3-10H2,1-2H3;1-7,11H. The first kappa shape index (κ1) is 20.4. The minimum absolute atomic E-state index is 0.393. The number of hydrogen-bond acceptors (Lipinski definition) is 4. The molecule has 1 aromatic rings. The summed E-state index contributed by atoms with van der Waals surface area (Å²) in [5.41, 5.74) is 5.16. The summed E-state index contributed by atoms with van der Waals surface area (Å²) < 4.78 is 22.8. The molecule has 0 amide bonds. The number of unbranched alkanes of at least 4 members (excludes halogenated alkanes) is 4. The van der Waals surface area contributed by atoms with Crippen molar-refractivity contribution in [2.75, 3.05) is 16.9 Å². The number of nitrogens with one attached hydrogen (secondary N) is 1. The molecule has 1 aliphatic heterocycles. The van der Waals surface area contributed by atoms with Crippen LogP contribution in [0.3, 0.4) is 0 Å². The number of hydrazone groups is 1. The highest BCUT2D eigenvalue weighted by Gasteiger charge is 2.08. The van der Waals surface area contributed by atoms with Crippen LogP contribution in [-0.4, -0.2) is 26.1 Å². The van der Waals surface area contributed by atoms with Gasteiger partial charge in [-0.15, -0.1) is 0 Å². The number of allylic oxidation sites excluding steroid dienone is 1. The highest BCUT2D eigenvalue weighted by Crippen LogP contribution is 2.17. The summed E-state index contributed by atoms with van der Waals surface area (Å²) in [5.74, 6) is 0.787. The first-order chi connectivity index (χ1) is 11.6. The van der Waals surface area contributed by atoms with Gasteiger partial charge < -0.3 is 0 Å². The molecule has 2 rings (SSSR count). The average molecular weight is 351 g/mol. The van der Waals surface area contributed by atoms with Crippen LogP contribution in [0.25, 0.3) is 6.08 Å². The van der Waals surface area contributed by atoms with Gasteiger partial charge in [-0.05, 0) is 30.5 Å². The zero-order chi connectivity index (χ0) is 17.7. The maximum Gasteiger partial charge on any atom is 0.150 e. The van der Waals surface area contributed by atoms with Gasteiger partial charge in [0.1, 0.15) is 9.84 Å². The second-order valence-corrected chi connectivity index (χ2v) is 8.21. The summed E-state index contributed by atoms with van der Waals surface area (Å²) in [6, 6.07) is 8.05. The number of fused-ring (bicyclic) bond motifs is 1. The van der Waals surface area contributed by atoms with Crippen molar-refractivity contribution in [3.63, 3.8) is 0 Å². The summed E-state index contributed by atoms with van der Waals surface area (Å²) in [7, 11) is -2.73. The van der Waals surface area contributed by atoms with Crippen LogP contribution in [0.5, 0.6) is 0 Å². The molecule has 0 saturated heterocycles. The number of hydrogen-bond donors (Lipinski definition) is 1. The van der Waals surface area contributed by atoms with E-state index in [1.54, 1.807) is 6.21 Å². The minimum atomic E-state index is -2.73. The van der Waals surface area contributed by atoms with Gasteiger partial charge in [-0.3, -0.25) is 5.43 Å². The van der Waals surface area contributed by atoms with Gasteiger partial charge in [0.15, 0.2) is 0 Å². The molecule has 134 valence electrons. The largest absolute Gasteiger partial charge is 0.278 e. The maximum atomic E-state index is 11.4. The van der Waals surface area contributed by atoms with Crippen molar-refractivity contribution in [2.24, 2.45) is 5.10 Å². The lowest BCUT2D eigenvalue weighted by Gasteiger charge is -2.02. The van der Waals surface area contributed by atoms with Crippen LogP contribution in [0, 0.1) is 0 Å². The predicted octanol–water partition coefficient (Wildman–Crippen LogP) is 4.89. The fourth-order valence-corrected chi connectivity index (χ4v) is 3.78. The fourth-order valence-electron chi connectivity index (χ4n) is 2.29. The number of para-hydroxylation sites is 1. The van der Waals surface area contributed by atoms with Crippen molar-refractivity contribution in [3.8, 4) is 0 Å². The third-order valence-electron chi connectivity index (χ3n) is 3.70. The van der Waals surface area contributed by atoms with E-state index in [-0.39, 0.29) is 0 Å². The number of nitrogens with zero attached hydrogens (tertiary/aromatic N) is 1. The molecular formula is C19H30N2O2S. The average Bonchev–Trinajstić information content (AvgIpc) is 2.81. The van der Waals surface area contributed by atoms with Crippen LogP contribution in [-0.2, 0) is 9.84 Å². The third-order valence-corrected chi connectivity index (χ3v) is 5.52. The van der Waals surface area contributed by atoms with Crippen molar-refractivity contribution in [3.05, 3.63) is 35.9 Å². The Morgan fingerprint density at radius 2 is 1.58 bits per heavy atom. The molecule has 0 radical (unpaired) electrons. The Balaban J connectivity index is 0.000000242. The van der Waals surface area contributed by atoms with E-state index in [1.165, 1.54) is 5.56 Å². The molecule has 0 fully saturated rings. The zero-order valence-electron chi connectivity index (χ0n) is 14.9. The highest BCUT2D eigenvalue weighted by atomic mass is 32.2. The molecule has 0 bridgehead atoms. The first-order valence-corrected chi connectivity index (χ1v) is 10.7. The summed E-state index contributed by atoms with van der Waals surface area (Å²) in [6.45, 7) is 4.17. The van der Waals surface area contributed by atoms with Crippen molar-refractivity contribution >= 4 is 27.8 Å². The van der Waals surface area contributed by atoms with E-state index in [0.717, 1.165) is 44.2 Å². The van der Waals surface area contributed by atoms with Gasteiger partial charge in [-0.2, -0.15) is 5.10 Å². The second kappa shape index (κ2) is 11.8. The Hall–Kier alpha value is -1.62. The van der Waals surface area contributed by atoms with Gasteiger partial charge in [0.2, 0.25) is 0 Å². The molecule has 1 N–H and O–H groups in total. The molecule has 0 spiro atoms. The van der Waals surface area contributed by atoms with E-state index in [4.69, 9.17) is 0 Å². The molecule has 4 nitrogen and oxygen atoms in total. The fraction of sp³-hybridized carbons (Fsp3) is 0.526. The van der Waals surface area contributed by atoms with E-state index < -0.39 is 9.84 Å². The van der Waals surface area contributed by atoms with Gasteiger partial charge in [-0.1, -0.05) is 63.8 Å². The Kier molecular flexibility index (Phi) is 10.1. The molecule has 0 unspecified atom stereocenters. The van der Waals surface area contributed by atoms with Crippen molar-refractivity contribution < 1.29 is 8.42 Å². The van der Waals surface area contributed by atoms with E-state index in [1.807, 2.05) is 36.4 Å². The van der Waals surface area contributed by atoms with Crippen LogP contribution in [0.1, 0.15) is 57.9 Å². The van der Waals surface area contributed by atoms with E-state index in [0.29, 0.717) is 11.5 Å². The van der Waals surface area contributed by atoms with E-state index in [2.05, 4.69) is 24.4 Å². The van der Waals surface area contributed by atoms with Crippen LogP contribution >= 0.6 is 0 Å². The molecular weight excluding hydrogens is 320 g/mol. The van der Waals surface area contributed by atoms with Gasteiger partial charge >= 0.3 is 0 Å². The van der Waals surface area contributed by atoms with Crippen LogP contribution in [0.4, 0.5) is 5.69 Å². The van der Waals surface area contributed by atoms with Crippen molar-refractivity contribution in [2.45, 2.75) is 52.4 Å². The molecule has 1 heterocycles. The Morgan fingerprint density at radius 1 is 0.958 bits per heavy atom. The lowest BCUT2D eigenvalue weighted by Crippen LogP contribution is -2.10. The zero-order valence-corrected chi connectivity index (χ0v) is 15.7.